The number of Topliss-reactive ketones (excluding diaryl/α,β-unsaturated/α-hetero) is 1. The van der Waals surface area contributed by atoms with Gasteiger partial charge in [0, 0.05) is 11.1 Å². The van der Waals surface area contributed by atoms with Crippen molar-refractivity contribution in [3.05, 3.63) is 59.7 Å². The summed E-state index contributed by atoms with van der Waals surface area (Å²) in [5.41, 5.74) is -0.387. The van der Waals surface area contributed by atoms with Crippen LogP contribution >= 0.6 is 0 Å². The summed E-state index contributed by atoms with van der Waals surface area (Å²) in [6.07, 6.45) is 4.18. The molecule has 0 atom stereocenters. The van der Waals surface area contributed by atoms with Crippen molar-refractivity contribution in [1.82, 2.24) is 0 Å². The minimum Gasteiger partial charge on any atom is -0.289 e. The molecule has 1 aliphatic carbocycles. The molecule has 0 aromatic heterocycles. The van der Waals surface area contributed by atoms with Crippen LogP contribution in [0.1, 0.15) is 37.0 Å². The summed E-state index contributed by atoms with van der Waals surface area (Å²) in [6, 6.07) is 8.74. The number of allylic oxidation sites excluding steroid dienone is 4. The van der Waals surface area contributed by atoms with Gasteiger partial charge >= 0.3 is 0 Å². The second kappa shape index (κ2) is 5.31. The van der Waals surface area contributed by atoms with E-state index in [0.717, 1.165) is 6.08 Å². The fourth-order valence-corrected chi connectivity index (χ4v) is 2.63. The molecule has 3 heteroatoms. The first-order valence-electron chi connectivity index (χ1n) is 6.85. The van der Waals surface area contributed by atoms with Gasteiger partial charge in [-0.25, -0.2) is 8.78 Å². The number of alkyl halides is 2. The van der Waals surface area contributed by atoms with Gasteiger partial charge in [0.15, 0.2) is 5.78 Å². The summed E-state index contributed by atoms with van der Waals surface area (Å²) in [6.45, 7) is 3.47. The van der Waals surface area contributed by atoms with Crippen LogP contribution in [-0.4, -0.2) is 11.7 Å². The Kier molecular flexibility index (Phi) is 3.89. The van der Waals surface area contributed by atoms with Crippen molar-refractivity contribution in [2.45, 2.75) is 32.6 Å². The second-order valence-corrected chi connectivity index (χ2v) is 5.11. The molecule has 1 aliphatic rings. The summed E-state index contributed by atoms with van der Waals surface area (Å²) in [5, 5.41) is 0. The topological polar surface area (TPSA) is 17.1 Å². The Morgan fingerprint density at radius 2 is 1.70 bits per heavy atom. The molecule has 0 unspecified atom stereocenters. The van der Waals surface area contributed by atoms with E-state index in [2.05, 4.69) is 0 Å². The van der Waals surface area contributed by atoms with E-state index in [1.807, 2.05) is 6.07 Å². The number of hydrogen-bond acceptors (Lipinski definition) is 1. The van der Waals surface area contributed by atoms with E-state index in [0.29, 0.717) is 24.0 Å². The number of ketones is 1. The zero-order valence-corrected chi connectivity index (χ0v) is 11.7. The molecule has 0 amide bonds. The number of carbonyl (C=O) groups excluding carboxylic acids is 1. The Hall–Kier alpha value is -1.77. The molecule has 0 saturated heterocycles. The van der Waals surface area contributed by atoms with E-state index >= 15 is 0 Å². The highest BCUT2D eigenvalue weighted by molar-refractivity contribution is 6.10. The molecular weight excluding hydrogens is 258 g/mol. The van der Waals surface area contributed by atoms with Crippen LogP contribution in [0.4, 0.5) is 8.78 Å². The Morgan fingerprint density at radius 1 is 1.10 bits per heavy atom. The number of rotatable bonds is 4. The van der Waals surface area contributed by atoms with E-state index in [1.54, 1.807) is 38.1 Å². The highest BCUT2D eigenvalue weighted by atomic mass is 19.3. The van der Waals surface area contributed by atoms with Gasteiger partial charge in [-0.2, -0.15) is 0 Å². The number of benzene rings is 1. The lowest BCUT2D eigenvalue weighted by molar-refractivity contribution is -0.0592. The van der Waals surface area contributed by atoms with Crippen molar-refractivity contribution in [3.8, 4) is 0 Å². The smallest absolute Gasteiger partial charge is 0.275 e. The second-order valence-electron chi connectivity index (χ2n) is 5.11. The van der Waals surface area contributed by atoms with Crippen LogP contribution in [0.15, 0.2) is 54.1 Å². The molecule has 1 aromatic carbocycles. The van der Waals surface area contributed by atoms with Gasteiger partial charge in [-0.3, -0.25) is 4.79 Å². The zero-order chi connectivity index (χ0) is 14.8. The lowest BCUT2D eigenvalue weighted by Crippen LogP contribution is -2.39. The van der Waals surface area contributed by atoms with Crippen LogP contribution in [0, 0.1) is 5.41 Å². The maximum atomic E-state index is 14.1. The Labute approximate surface area is 118 Å². The predicted octanol–water partition coefficient (Wildman–Crippen LogP) is 4.81. The fraction of sp³-hybridized carbons (Fsp3) is 0.353. The average molecular weight is 276 g/mol. The van der Waals surface area contributed by atoms with Crippen LogP contribution in [0.5, 0.6) is 0 Å². The van der Waals surface area contributed by atoms with Crippen molar-refractivity contribution in [1.29, 1.82) is 0 Å². The van der Waals surface area contributed by atoms with Crippen LogP contribution in [0.3, 0.4) is 0 Å². The molecule has 0 aliphatic heterocycles. The van der Waals surface area contributed by atoms with Crippen LogP contribution < -0.4 is 0 Å². The molecule has 1 aromatic rings. The largest absolute Gasteiger partial charge is 0.289 e. The summed E-state index contributed by atoms with van der Waals surface area (Å²) < 4.78 is 28.2. The summed E-state index contributed by atoms with van der Waals surface area (Å²) in [5.74, 6) is -3.11. The monoisotopic (exact) mass is 276 g/mol. The summed E-state index contributed by atoms with van der Waals surface area (Å²) >= 11 is 0. The molecule has 0 heterocycles. The van der Waals surface area contributed by atoms with E-state index in [9.17, 15) is 13.6 Å². The third-order valence-corrected chi connectivity index (χ3v) is 4.13. The maximum Gasteiger partial charge on any atom is 0.275 e. The van der Waals surface area contributed by atoms with E-state index in [-0.39, 0.29) is 5.78 Å². The molecule has 0 saturated carbocycles. The average Bonchev–Trinajstić information content (AvgIpc) is 2.47. The predicted molar refractivity (Wildman–Crippen MR) is 76.0 cm³/mol. The molecule has 106 valence electrons. The number of hydrogen-bond donors (Lipinski definition) is 0. The van der Waals surface area contributed by atoms with Crippen molar-refractivity contribution in [2.24, 2.45) is 5.41 Å². The van der Waals surface area contributed by atoms with Crippen molar-refractivity contribution >= 4 is 5.78 Å². The molecule has 0 spiro atoms. The van der Waals surface area contributed by atoms with Gasteiger partial charge in [0.2, 0.25) is 0 Å². The Balaban J connectivity index is 2.42. The van der Waals surface area contributed by atoms with Crippen molar-refractivity contribution in [3.63, 3.8) is 0 Å². The highest BCUT2D eigenvalue weighted by Crippen LogP contribution is 2.48. The molecule has 2 rings (SSSR count). The number of halogens is 2. The van der Waals surface area contributed by atoms with Gasteiger partial charge < -0.3 is 0 Å². The maximum absolute atomic E-state index is 14.1. The normalized spacial score (nSPS) is 19.5. The van der Waals surface area contributed by atoms with Gasteiger partial charge in [-0.15, -0.1) is 0 Å². The van der Waals surface area contributed by atoms with Gasteiger partial charge in [-0.05, 0) is 25.0 Å². The molecule has 0 fully saturated rings. The fourth-order valence-electron chi connectivity index (χ4n) is 2.63. The van der Waals surface area contributed by atoms with Gasteiger partial charge in [-0.1, -0.05) is 50.3 Å². The third-order valence-electron chi connectivity index (χ3n) is 4.13. The first kappa shape index (κ1) is 14.6. The summed E-state index contributed by atoms with van der Waals surface area (Å²) in [4.78, 5) is 12.4. The van der Waals surface area contributed by atoms with Gasteiger partial charge in [0.25, 0.3) is 5.92 Å². The van der Waals surface area contributed by atoms with Crippen molar-refractivity contribution < 1.29 is 13.6 Å². The van der Waals surface area contributed by atoms with E-state index < -0.39 is 11.3 Å². The zero-order valence-electron chi connectivity index (χ0n) is 11.7. The van der Waals surface area contributed by atoms with Gasteiger partial charge in [0.05, 0.1) is 5.41 Å². The lowest BCUT2D eigenvalue weighted by atomic mass is 9.71. The minimum absolute atomic E-state index is 0.205. The SMILES string of the molecule is CCC1(CC)C=C(C(=O)c2ccccc2)C=CC1(F)F. The quantitative estimate of drug-likeness (QED) is 0.721. The Bertz CT molecular complexity index is 552. The molecular formula is C17H18F2O. The van der Waals surface area contributed by atoms with Crippen LogP contribution in [0.25, 0.3) is 0 Å². The standard InChI is InChI=1S/C17H18F2O/c1-3-16(4-2)12-14(10-11-17(16,18)19)15(20)13-8-6-5-7-9-13/h5-12H,3-4H2,1-2H3. The molecule has 1 nitrogen and oxygen atoms in total. The van der Waals surface area contributed by atoms with Gasteiger partial charge in [0.1, 0.15) is 0 Å². The molecule has 0 radical (unpaired) electrons. The van der Waals surface area contributed by atoms with Crippen molar-refractivity contribution in [2.75, 3.05) is 0 Å². The summed E-state index contributed by atoms with van der Waals surface area (Å²) in [7, 11) is 0. The highest BCUT2D eigenvalue weighted by Gasteiger charge is 2.49. The first-order chi connectivity index (χ1) is 9.46. The van der Waals surface area contributed by atoms with Crippen LogP contribution in [-0.2, 0) is 0 Å². The third kappa shape index (κ3) is 2.33. The molecule has 0 N–H and O–H groups in total. The number of carbonyl (C=O) groups is 1. The van der Waals surface area contributed by atoms with Crippen LogP contribution in [0.2, 0.25) is 0 Å². The van der Waals surface area contributed by atoms with E-state index in [4.69, 9.17) is 0 Å². The molecule has 0 bridgehead atoms. The van der Waals surface area contributed by atoms with E-state index in [1.165, 1.54) is 12.2 Å². The first-order valence-corrected chi connectivity index (χ1v) is 6.85. The lowest BCUT2D eigenvalue weighted by Gasteiger charge is -2.37. The minimum atomic E-state index is -2.91. The Morgan fingerprint density at radius 3 is 2.25 bits per heavy atom. The molecule has 20 heavy (non-hydrogen) atoms.